The van der Waals surface area contributed by atoms with Gasteiger partial charge in [0.05, 0.1) is 10.6 Å². The van der Waals surface area contributed by atoms with Crippen molar-refractivity contribution in [3.63, 3.8) is 0 Å². The summed E-state index contributed by atoms with van der Waals surface area (Å²) in [5.74, 6) is -0.408. The molecule has 0 aliphatic carbocycles. The minimum atomic E-state index is -3.89. The molecule has 29 heavy (non-hydrogen) atoms. The Bertz CT molecular complexity index is 1060. The van der Waals surface area contributed by atoms with Gasteiger partial charge >= 0.3 is 0 Å². The fraction of sp³-hybridized carbons (Fsp3) is 0.174. The maximum atomic E-state index is 13.2. The fourth-order valence-corrected chi connectivity index (χ4v) is 4.34. The molecule has 5 nitrogen and oxygen atoms in total. The molecule has 0 unspecified atom stereocenters. The molecule has 0 aromatic heterocycles. The molecule has 0 aliphatic heterocycles. The van der Waals surface area contributed by atoms with Gasteiger partial charge in [0.25, 0.3) is 10.0 Å². The second-order valence-electron chi connectivity index (χ2n) is 6.76. The normalized spacial score (nSPS) is 11.1. The summed E-state index contributed by atoms with van der Waals surface area (Å²) in [6.07, 6.45) is 0.907. The second kappa shape index (κ2) is 8.92. The van der Waals surface area contributed by atoms with Crippen LogP contribution in [0.4, 0.5) is 11.4 Å². The summed E-state index contributed by atoms with van der Waals surface area (Å²) in [5, 5.41) is 2.78. The van der Waals surface area contributed by atoms with Crippen LogP contribution in [0.15, 0.2) is 83.8 Å². The van der Waals surface area contributed by atoms with Gasteiger partial charge in [-0.1, -0.05) is 55.0 Å². The van der Waals surface area contributed by atoms with Gasteiger partial charge in [0.2, 0.25) is 5.91 Å². The van der Waals surface area contributed by atoms with E-state index in [9.17, 15) is 13.2 Å². The summed E-state index contributed by atoms with van der Waals surface area (Å²) in [6, 6.07) is 22.7. The topological polar surface area (TPSA) is 66.5 Å². The van der Waals surface area contributed by atoms with Crippen molar-refractivity contribution >= 4 is 27.3 Å². The zero-order chi connectivity index (χ0) is 20.9. The smallest absolute Gasteiger partial charge is 0.264 e. The average molecular weight is 409 g/mol. The lowest BCUT2D eigenvalue weighted by Crippen LogP contribution is -2.38. The van der Waals surface area contributed by atoms with E-state index in [1.807, 2.05) is 43.3 Å². The van der Waals surface area contributed by atoms with E-state index in [2.05, 4.69) is 12.2 Å². The Hall–Kier alpha value is -3.12. The Labute approximate surface area is 172 Å². The van der Waals surface area contributed by atoms with Crippen LogP contribution in [0.1, 0.15) is 18.1 Å². The molecule has 3 aromatic rings. The van der Waals surface area contributed by atoms with Crippen molar-refractivity contribution < 1.29 is 13.2 Å². The molecule has 0 spiro atoms. The molecule has 0 saturated carbocycles. The third-order valence-corrected chi connectivity index (χ3v) is 6.37. The Morgan fingerprint density at radius 2 is 1.52 bits per heavy atom. The summed E-state index contributed by atoms with van der Waals surface area (Å²) >= 11 is 0. The summed E-state index contributed by atoms with van der Waals surface area (Å²) in [6.45, 7) is 3.66. The number of aryl methyl sites for hydroxylation is 2. The molecule has 0 fully saturated rings. The van der Waals surface area contributed by atoms with Gasteiger partial charge in [-0.3, -0.25) is 9.10 Å². The van der Waals surface area contributed by atoms with Crippen LogP contribution in [0.25, 0.3) is 0 Å². The first kappa shape index (κ1) is 20.6. The van der Waals surface area contributed by atoms with Gasteiger partial charge < -0.3 is 5.32 Å². The van der Waals surface area contributed by atoms with Gasteiger partial charge in [-0.15, -0.1) is 0 Å². The van der Waals surface area contributed by atoms with Crippen LogP contribution >= 0.6 is 0 Å². The lowest BCUT2D eigenvalue weighted by molar-refractivity contribution is -0.114. The zero-order valence-corrected chi connectivity index (χ0v) is 17.3. The van der Waals surface area contributed by atoms with E-state index in [0.717, 1.165) is 21.9 Å². The number of benzene rings is 3. The molecule has 6 heteroatoms. The van der Waals surface area contributed by atoms with Crippen LogP contribution in [-0.4, -0.2) is 20.9 Å². The van der Waals surface area contributed by atoms with Gasteiger partial charge in [0.15, 0.2) is 0 Å². The molecule has 1 amide bonds. The first-order valence-electron chi connectivity index (χ1n) is 9.43. The molecule has 3 rings (SSSR count). The maximum Gasteiger partial charge on any atom is 0.264 e. The quantitative estimate of drug-likeness (QED) is 0.630. The van der Waals surface area contributed by atoms with E-state index < -0.39 is 15.9 Å². The maximum absolute atomic E-state index is 13.2. The number of hydrogen-bond donors (Lipinski definition) is 1. The van der Waals surface area contributed by atoms with Crippen molar-refractivity contribution in [2.75, 3.05) is 16.2 Å². The van der Waals surface area contributed by atoms with Gasteiger partial charge in [0.1, 0.15) is 6.54 Å². The Kier molecular flexibility index (Phi) is 6.34. The molecule has 3 aromatic carbocycles. The number of anilines is 2. The Morgan fingerprint density at radius 1 is 0.897 bits per heavy atom. The van der Waals surface area contributed by atoms with Gasteiger partial charge in [-0.2, -0.15) is 0 Å². The molecule has 1 N–H and O–H groups in total. The molecule has 0 atom stereocenters. The summed E-state index contributed by atoms with van der Waals surface area (Å²) < 4.78 is 27.6. The molecular weight excluding hydrogens is 384 g/mol. The molecule has 150 valence electrons. The van der Waals surface area contributed by atoms with Crippen molar-refractivity contribution in [2.45, 2.75) is 25.2 Å². The molecule has 0 bridgehead atoms. The predicted octanol–water partition coefficient (Wildman–Crippen LogP) is 4.39. The van der Waals surface area contributed by atoms with Gasteiger partial charge in [0, 0.05) is 5.69 Å². The minimum Gasteiger partial charge on any atom is -0.325 e. The highest BCUT2D eigenvalue weighted by molar-refractivity contribution is 7.92. The first-order chi connectivity index (χ1) is 13.9. The monoisotopic (exact) mass is 408 g/mol. The van der Waals surface area contributed by atoms with E-state index in [-0.39, 0.29) is 11.4 Å². The van der Waals surface area contributed by atoms with E-state index in [4.69, 9.17) is 0 Å². The number of sulfonamides is 1. The minimum absolute atomic E-state index is 0.140. The number of nitrogens with zero attached hydrogens (tertiary/aromatic N) is 1. The van der Waals surface area contributed by atoms with E-state index >= 15 is 0 Å². The van der Waals surface area contributed by atoms with Crippen LogP contribution < -0.4 is 9.62 Å². The molecule has 0 saturated heterocycles. The summed E-state index contributed by atoms with van der Waals surface area (Å²) in [7, 11) is -3.89. The van der Waals surface area contributed by atoms with E-state index in [1.54, 1.807) is 30.3 Å². The van der Waals surface area contributed by atoms with Gasteiger partial charge in [-0.25, -0.2) is 8.42 Å². The van der Waals surface area contributed by atoms with Crippen molar-refractivity contribution in [3.8, 4) is 0 Å². The number of carbonyl (C=O) groups is 1. The first-order valence-corrected chi connectivity index (χ1v) is 10.9. The zero-order valence-electron chi connectivity index (χ0n) is 16.5. The number of nitrogens with one attached hydrogen (secondary N) is 1. The molecule has 0 aliphatic rings. The Morgan fingerprint density at radius 3 is 2.10 bits per heavy atom. The lowest BCUT2D eigenvalue weighted by Gasteiger charge is -2.24. The van der Waals surface area contributed by atoms with Gasteiger partial charge in [-0.05, 0) is 55.3 Å². The largest absolute Gasteiger partial charge is 0.325 e. The highest BCUT2D eigenvalue weighted by atomic mass is 32.2. The highest BCUT2D eigenvalue weighted by Crippen LogP contribution is 2.24. The van der Waals surface area contributed by atoms with E-state index in [1.165, 1.54) is 12.1 Å². The summed E-state index contributed by atoms with van der Waals surface area (Å²) in [5.41, 5.74) is 3.24. The van der Waals surface area contributed by atoms with Crippen molar-refractivity contribution in [1.82, 2.24) is 0 Å². The molecular formula is C23H24N2O3S. The lowest BCUT2D eigenvalue weighted by atomic mass is 10.1. The Balaban J connectivity index is 1.88. The number of hydrogen-bond acceptors (Lipinski definition) is 3. The predicted molar refractivity (Wildman–Crippen MR) is 117 cm³/mol. The molecule has 0 radical (unpaired) electrons. The number of rotatable bonds is 7. The van der Waals surface area contributed by atoms with Crippen LogP contribution in [0, 0.1) is 6.92 Å². The summed E-state index contributed by atoms with van der Waals surface area (Å²) in [4.78, 5) is 12.8. The van der Waals surface area contributed by atoms with Crippen LogP contribution in [-0.2, 0) is 21.2 Å². The van der Waals surface area contributed by atoms with Crippen LogP contribution in [0.2, 0.25) is 0 Å². The SMILES string of the molecule is CCc1ccc(NC(=O)CN(c2ccc(C)cc2)S(=O)(=O)c2ccccc2)cc1. The highest BCUT2D eigenvalue weighted by Gasteiger charge is 2.27. The third-order valence-electron chi connectivity index (χ3n) is 4.59. The third kappa shape index (κ3) is 5.03. The van der Waals surface area contributed by atoms with Crippen LogP contribution in [0.3, 0.4) is 0 Å². The van der Waals surface area contributed by atoms with Crippen molar-refractivity contribution in [3.05, 3.63) is 90.0 Å². The molecule has 0 heterocycles. The fourth-order valence-electron chi connectivity index (χ4n) is 2.90. The van der Waals surface area contributed by atoms with Crippen LogP contribution in [0.5, 0.6) is 0 Å². The standard InChI is InChI=1S/C23H24N2O3S/c1-3-19-11-13-20(14-12-19)24-23(26)17-25(21-15-9-18(2)10-16-21)29(27,28)22-7-5-4-6-8-22/h4-16H,3,17H2,1-2H3,(H,24,26). The second-order valence-corrected chi connectivity index (χ2v) is 8.62. The number of carbonyl (C=O) groups excluding carboxylic acids is 1. The average Bonchev–Trinajstić information content (AvgIpc) is 2.74. The number of amides is 1. The van der Waals surface area contributed by atoms with Crippen molar-refractivity contribution in [1.29, 1.82) is 0 Å². The van der Waals surface area contributed by atoms with Crippen molar-refractivity contribution in [2.24, 2.45) is 0 Å². The van der Waals surface area contributed by atoms with E-state index in [0.29, 0.717) is 11.4 Å².